The van der Waals surface area contributed by atoms with Gasteiger partial charge in [-0.2, -0.15) is 0 Å². The van der Waals surface area contributed by atoms with Crippen LogP contribution in [0.5, 0.6) is 0 Å². The molecule has 0 radical (unpaired) electrons. The molecule has 128 valence electrons. The molecule has 1 fully saturated rings. The molecule has 1 aromatic heterocycles. The minimum atomic E-state index is -0.540. The minimum absolute atomic E-state index is 0.130. The Morgan fingerprint density at radius 1 is 1.29 bits per heavy atom. The van der Waals surface area contributed by atoms with Crippen molar-refractivity contribution >= 4 is 17.7 Å². The van der Waals surface area contributed by atoms with Gasteiger partial charge in [0.1, 0.15) is 5.82 Å². The minimum Gasteiger partial charge on any atom is -0.466 e. The molecule has 1 saturated heterocycles. The second-order valence-electron chi connectivity index (χ2n) is 5.96. The smallest absolute Gasteiger partial charge is 0.330 e. The number of hydrogen-bond donors (Lipinski definition) is 0. The molecule has 3 heterocycles. The lowest BCUT2D eigenvalue weighted by Gasteiger charge is -2.26. The maximum Gasteiger partial charge on any atom is 0.330 e. The number of methoxy groups -OCH3 is 2. The SMILES string of the molecule is COC(=O)/C=C/C(=O)N1Cc2cccnc2N2C[C@H](OC)C[C@@H]2C1. The fourth-order valence-electron chi connectivity index (χ4n) is 3.29. The van der Waals surface area contributed by atoms with Gasteiger partial charge < -0.3 is 19.3 Å². The van der Waals surface area contributed by atoms with Crippen molar-refractivity contribution in [1.29, 1.82) is 0 Å². The topological polar surface area (TPSA) is 72.0 Å². The molecular formula is C17H21N3O4. The van der Waals surface area contributed by atoms with E-state index in [9.17, 15) is 9.59 Å². The molecule has 0 bridgehead atoms. The van der Waals surface area contributed by atoms with Crippen LogP contribution in [0.3, 0.4) is 0 Å². The van der Waals surface area contributed by atoms with Gasteiger partial charge in [0.05, 0.1) is 19.3 Å². The summed E-state index contributed by atoms with van der Waals surface area (Å²) in [6.45, 7) is 1.81. The molecule has 1 aromatic rings. The molecule has 0 aliphatic carbocycles. The number of carbonyl (C=O) groups is 2. The number of ether oxygens (including phenoxy) is 2. The summed E-state index contributed by atoms with van der Waals surface area (Å²) in [6.07, 6.45) is 5.16. The predicted molar refractivity (Wildman–Crippen MR) is 87.4 cm³/mol. The number of hydrogen-bond acceptors (Lipinski definition) is 6. The Morgan fingerprint density at radius 3 is 2.88 bits per heavy atom. The zero-order valence-corrected chi connectivity index (χ0v) is 13.8. The van der Waals surface area contributed by atoms with E-state index in [1.54, 1.807) is 18.2 Å². The van der Waals surface area contributed by atoms with Gasteiger partial charge in [-0.05, 0) is 12.5 Å². The summed E-state index contributed by atoms with van der Waals surface area (Å²) in [5, 5.41) is 0. The lowest BCUT2D eigenvalue weighted by molar-refractivity contribution is -0.135. The lowest BCUT2D eigenvalue weighted by Crippen LogP contribution is -2.39. The number of rotatable bonds is 3. The highest BCUT2D eigenvalue weighted by Gasteiger charge is 2.38. The van der Waals surface area contributed by atoms with E-state index < -0.39 is 5.97 Å². The fraction of sp³-hybridized carbons (Fsp3) is 0.471. The highest BCUT2D eigenvalue weighted by atomic mass is 16.5. The summed E-state index contributed by atoms with van der Waals surface area (Å²) < 4.78 is 10.0. The van der Waals surface area contributed by atoms with Gasteiger partial charge in [0.2, 0.25) is 5.91 Å². The summed E-state index contributed by atoms with van der Waals surface area (Å²) in [4.78, 5) is 32.2. The number of anilines is 1. The van der Waals surface area contributed by atoms with Crippen LogP contribution in [-0.4, -0.2) is 61.2 Å². The van der Waals surface area contributed by atoms with Crippen molar-refractivity contribution < 1.29 is 19.1 Å². The summed E-state index contributed by atoms with van der Waals surface area (Å²) in [5.41, 5.74) is 0.997. The van der Waals surface area contributed by atoms with Crippen LogP contribution in [0.15, 0.2) is 30.5 Å². The molecule has 0 aromatic carbocycles. The van der Waals surface area contributed by atoms with E-state index in [0.717, 1.165) is 30.4 Å². The van der Waals surface area contributed by atoms with E-state index in [1.807, 2.05) is 12.1 Å². The van der Waals surface area contributed by atoms with E-state index in [-0.39, 0.29) is 18.1 Å². The first kappa shape index (κ1) is 16.4. The van der Waals surface area contributed by atoms with Crippen LogP contribution in [0.2, 0.25) is 0 Å². The molecule has 0 spiro atoms. The van der Waals surface area contributed by atoms with Crippen molar-refractivity contribution in [1.82, 2.24) is 9.88 Å². The van der Waals surface area contributed by atoms with Crippen molar-refractivity contribution in [2.75, 3.05) is 32.2 Å². The van der Waals surface area contributed by atoms with Gasteiger partial charge in [-0.1, -0.05) is 6.07 Å². The normalized spacial score (nSPS) is 22.9. The highest BCUT2D eigenvalue weighted by Crippen LogP contribution is 2.32. The number of carbonyl (C=O) groups excluding carboxylic acids is 2. The van der Waals surface area contributed by atoms with Gasteiger partial charge in [0, 0.05) is 50.7 Å². The molecule has 2 aliphatic heterocycles. The Hall–Kier alpha value is -2.41. The molecule has 2 atom stereocenters. The van der Waals surface area contributed by atoms with Gasteiger partial charge in [0.25, 0.3) is 0 Å². The molecule has 0 saturated carbocycles. The number of esters is 1. The largest absolute Gasteiger partial charge is 0.466 e. The third kappa shape index (κ3) is 3.26. The number of nitrogens with zero attached hydrogens (tertiary/aromatic N) is 3. The Bertz CT molecular complexity index is 661. The fourth-order valence-corrected chi connectivity index (χ4v) is 3.29. The van der Waals surface area contributed by atoms with Gasteiger partial charge in [0.15, 0.2) is 0 Å². The van der Waals surface area contributed by atoms with Crippen LogP contribution < -0.4 is 4.90 Å². The predicted octanol–water partition coefficient (Wildman–Crippen LogP) is 0.747. The number of amides is 1. The van der Waals surface area contributed by atoms with Crippen molar-refractivity contribution in [2.45, 2.75) is 25.1 Å². The van der Waals surface area contributed by atoms with Crippen LogP contribution in [0.1, 0.15) is 12.0 Å². The van der Waals surface area contributed by atoms with Gasteiger partial charge in [-0.3, -0.25) is 4.79 Å². The summed E-state index contributed by atoms with van der Waals surface area (Å²) in [7, 11) is 2.99. The molecule has 1 amide bonds. The second kappa shape index (κ2) is 7.00. The van der Waals surface area contributed by atoms with Crippen LogP contribution in [0.4, 0.5) is 5.82 Å². The molecule has 7 nitrogen and oxygen atoms in total. The van der Waals surface area contributed by atoms with Crippen molar-refractivity contribution in [3.63, 3.8) is 0 Å². The third-order valence-corrected chi connectivity index (χ3v) is 4.52. The Kier molecular flexibility index (Phi) is 4.80. The first-order valence-corrected chi connectivity index (χ1v) is 7.90. The van der Waals surface area contributed by atoms with Gasteiger partial charge >= 0.3 is 5.97 Å². The average Bonchev–Trinajstić information content (AvgIpc) is 2.95. The third-order valence-electron chi connectivity index (χ3n) is 4.52. The van der Waals surface area contributed by atoms with E-state index in [1.165, 1.54) is 13.2 Å². The molecule has 0 N–H and O–H groups in total. The average molecular weight is 331 g/mol. The maximum absolute atomic E-state index is 12.5. The van der Waals surface area contributed by atoms with Crippen LogP contribution in [-0.2, 0) is 25.6 Å². The molecule has 2 aliphatic rings. The first-order chi connectivity index (χ1) is 11.6. The van der Waals surface area contributed by atoms with E-state index in [0.29, 0.717) is 13.1 Å². The van der Waals surface area contributed by atoms with Gasteiger partial charge in [-0.15, -0.1) is 0 Å². The monoisotopic (exact) mass is 331 g/mol. The standard InChI is InChI=1S/C17H21N3O4/c1-23-14-8-13-10-19(15(21)5-6-16(22)24-2)9-12-4-3-7-18-17(12)20(13)11-14/h3-7,13-14H,8-11H2,1-2H3/b6-5+/t13-,14-/m1/s1. The van der Waals surface area contributed by atoms with Crippen LogP contribution >= 0.6 is 0 Å². The van der Waals surface area contributed by atoms with E-state index >= 15 is 0 Å². The Labute approximate surface area is 140 Å². The maximum atomic E-state index is 12.5. The van der Waals surface area contributed by atoms with E-state index in [2.05, 4.69) is 14.6 Å². The molecule has 0 unspecified atom stereocenters. The molecular weight excluding hydrogens is 310 g/mol. The van der Waals surface area contributed by atoms with Crippen LogP contribution in [0.25, 0.3) is 0 Å². The zero-order chi connectivity index (χ0) is 17.1. The highest BCUT2D eigenvalue weighted by molar-refractivity contribution is 5.94. The second-order valence-corrected chi connectivity index (χ2v) is 5.96. The molecule has 3 rings (SSSR count). The number of aromatic nitrogens is 1. The number of fused-ring (bicyclic) bond motifs is 3. The molecule has 7 heteroatoms. The van der Waals surface area contributed by atoms with Crippen LogP contribution in [0, 0.1) is 0 Å². The van der Waals surface area contributed by atoms with Crippen molar-refractivity contribution in [2.24, 2.45) is 0 Å². The van der Waals surface area contributed by atoms with Crippen molar-refractivity contribution in [3.05, 3.63) is 36.0 Å². The Balaban J connectivity index is 1.85. The summed E-state index contributed by atoms with van der Waals surface area (Å²) in [6, 6.07) is 4.01. The zero-order valence-electron chi connectivity index (χ0n) is 13.8. The van der Waals surface area contributed by atoms with Gasteiger partial charge in [-0.25, -0.2) is 9.78 Å². The molecule has 24 heavy (non-hydrogen) atoms. The first-order valence-electron chi connectivity index (χ1n) is 7.90. The van der Waals surface area contributed by atoms with E-state index in [4.69, 9.17) is 4.74 Å². The lowest BCUT2D eigenvalue weighted by atomic mass is 10.2. The number of pyridine rings is 1. The Morgan fingerprint density at radius 2 is 2.12 bits per heavy atom. The quantitative estimate of drug-likeness (QED) is 0.601. The summed E-state index contributed by atoms with van der Waals surface area (Å²) >= 11 is 0. The van der Waals surface area contributed by atoms with Crippen molar-refractivity contribution in [3.8, 4) is 0 Å². The summed E-state index contributed by atoms with van der Waals surface area (Å²) in [5.74, 6) is 0.161.